The molecule has 2 aliphatic heterocycles. The Balaban J connectivity index is 0.000000286. The molecule has 1 saturated carbocycles. The summed E-state index contributed by atoms with van der Waals surface area (Å²) in [7, 11) is -0.162. The van der Waals surface area contributed by atoms with Crippen LogP contribution in [0.2, 0.25) is 5.82 Å². The summed E-state index contributed by atoms with van der Waals surface area (Å²) in [6, 6.07) is 0. The van der Waals surface area contributed by atoms with Gasteiger partial charge in [-0.2, -0.15) is 0 Å². The molecule has 0 radical (unpaired) electrons. The lowest BCUT2D eigenvalue weighted by atomic mass is 9.79. The Kier molecular flexibility index (Phi) is 10.6. The van der Waals surface area contributed by atoms with Gasteiger partial charge in [0.2, 0.25) is 0 Å². The maximum Gasteiger partial charge on any atom is 0.486 e. The van der Waals surface area contributed by atoms with Gasteiger partial charge in [0.05, 0.1) is 22.4 Å². The Hall–Kier alpha value is -0.730. The van der Waals surface area contributed by atoms with E-state index in [0.29, 0.717) is 17.7 Å². The van der Waals surface area contributed by atoms with E-state index in [-0.39, 0.29) is 36.6 Å². The van der Waals surface area contributed by atoms with Crippen LogP contribution in [0.25, 0.3) is 0 Å². The molecule has 0 bridgehead atoms. The summed E-state index contributed by atoms with van der Waals surface area (Å²) < 4.78 is 23.7. The van der Waals surface area contributed by atoms with Gasteiger partial charge in [0.15, 0.2) is 0 Å². The van der Waals surface area contributed by atoms with Crippen molar-refractivity contribution in [1.82, 2.24) is 0 Å². The van der Waals surface area contributed by atoms with E-state index in [9.17, 15) is 0 Å². The van der Waals surface area contributed by atoms with Gasteiger partial charge in [-0.1, -0.05) is 53.6 Å². The van der Waals surface area contributed by atoms with Crippen LogP contribution < -0.4 is 0 Å². The average Bonchev–Trinajstić information content (AvgIpc) is 3.38. The van der Waals surface area contributed by atoms with E-state index in [1.807, 2.05) is 19.8 Å². The third kappa shape index (κ3) is 8.44. The molecular weight excluding hydrogens is 422 g/mol. The standard InChI is InChI=1S/C12H23BO2.C11H21BO2.C5H8/c1-8(2)9-7-10(9)13-14-11(3,4)12(5,6)15-13;1-9(2)7-8-12-13-10(3,4)11(5,6)14-12;1-4-5(2)3/h8-10H,7H2,1-6H3;7-9H,1-6H3;1,5H,2-3H3/b;8-7+;. The van der Waals surface area contributed by atoms with Crippen LogP contribution in [0.3, 0.4) is 0 Å². The van der Waals surface area contributed by atoms with E-state index in [4.69, 9.17) is 25.0 Å². The molecule has 0 aromatic rings. The third-order valence-corrected chi connectivity index (χ3v) is 7.63. The van der Waals surface area contributed by atoms with Gasteiger partial charge in [-0.05, 0) is 85.4 Å². The first-order valence-electron chi connectivity index (χ1n) is 13.1. The maximum absolute atomic E-state index is 6.05. The van der Waals surface area contributed by atoms with Crippen molar-refractivity contribution in [3.63, 3.8) is 0 Å². The van der Waals surface area contributed by atoms with E-state index < -0.39 is 0 Å². The van der Waals surface area contributed by atoms with Crippen LogP contribution in [0, 0.1) is 36.0 Å². The Morgan fingerprint density at radius 3 is 1.44 bits per heavy atom. The number of terminal acetylenes is 1. The van der Waals surface area contributed by atoms with Crippen LogP contribution in [0.15, 0.2) is 12.1 Å². The zero-order valence-corrected chi connectivity index (χ0v) is 24.6. The van der Waals surface area contributed by atoms with Crippen molar-refractivity contribution >= 4 is 14.2 Å². The minimum Gasteiger partial charge on any atom is -0.403 e. The predicted octanol–water partition coefficient (Wildman–Crippen LogP) is 7.23. The molecule has 34 heavy (non-hydrogen) atoms. The first-order chi connectivity index (χ1) is 15.3. The smallest absolute Gasteiger partial charge is 0.403 e. The van der Waals surface area contributed by atoms with Crippen molar-refractivity contribution in [2.75, 3.05) is 0 Å². The molecule has 1 aliphatic carbocycles. The first-order valence-corrected chi connectivity index (χ1v) is 13.1. The van der Waals surface area contributed by atoms with Gasteiger partial charge < -0.3 is 18.6 Å². The second-order valence-electron chi connectivity index (χ2n) is 13.0. The number of allylic oxidation sites excluding steroid dienone is 1. The van der Waals surface area contributed by atoms with Crippen LogP contribution in [-0.2, 0) is 18.6 Å². The first kappa shape index (κ1) is 31.3. The fourth-order valence-electron chi connectivity index (χ4n) is 3.66. The van der Waals surface area contributed by atoms with E-state index in [2.05, 4.69) is 95.1 Å². The molecule has 0 aromatic heterocycles. The van der Waals surface area contributed by atoms with Crippen molar-refractivity contribution in [2.24, 2.45) is 23.7 Å². The minimum atomic E-state index is -0.223. The molecule has 2 unspecified atom stereocenters. The second-order valence-corrected chi connectivity index (χ2v) is 13.0. The van der Waals surface area contributed by atoms with Crippen molar-refractivity contribution in [3.05, 3.63) is 12.1 Å². The fourth-order valence-corrected chi connectivity index (χ4v) is 3.66. The van der Waals surface area contributed by atoms with E-state index in [0.717, 1.165) is 11.8 Å². The summed E-state index contributed by atoms with van der Waals surface area (Å²) in [6.07, 6.45) is 8.31. The Labute approximate surface area is 212 Å². The SMILES string of the molecule is C#CC(C)C.CC(C)/C=C/B1OC(C)(C)C(C)(C)O1.CC(C)C1CC1B1OC(C)(C)C(C)(C)O1. The molecular formula is C28H52B2O4. The van der Waals surface area contributed by atoms with Gasteiger partial charge in [-0.15, -0.1) is 12.3 Å². The summed E-state index contributed by atoms with van der Waals surface area (Å²) in [4.78, 5) is 0. The highest BCUT2D eigenvalue weighted by Gasteiger charge is 2.60. The summed E-state index contributed by atoms with van der Waals surface area (Å²) in [5.74, 6) is 7.67. The topological polar surface area (TPSA) is 36.9 Å². The second kappa shape index (κ2) is 11.5. The van der Waals surface area contributed by atoms with Gasteiger partial charge >= 0.3 is 14.2 Å². The number of hydrogen-bond acceptors (Lipinski definition) is 4. The van der Waals surface area contributed by atoms with Crippen molar-refractivity contribution in [2.45, 2.75) is 132 Å². The zero-order chi connectivity index (χ0) is 26.7. The van der Waals surface area contributed by atoms with E-state index in [1.165, 1.54) is 6.42 Å². The highest BCUT2D eigenvalue weighted by atomic mass is 16.7. The Morgan fingerprint density at radius 1 is 0.765 bits per heavy atom. The van der Waals surface area contributed by atoms with Gasteiger partial charge in [0.25, 0.3) is 0 Å². The minimum absolute atomic E-state index is 0.0300. The highest BCUT2D eigenvalue weighted by Crippen LogP contribution is 2.55. The van der Waals surface area contributed by atoms with Crippen LogP contribution in [0.4, 0.5) is 0 Å². The van der Waals surface area contributed by atoms with E-state index >= 15 is 0 Å². The van der Waals surface area contributed by atoms with Gasteiger partial charge in [-0.3, -0.25) is 0 Å². The normalized spacial score (nSPS) is 28.0. The molecule has 2 saturated heterocycles. The Morgan fingerprint density at radius 2 is 1.15 bits per heavy atom. The molecule has 6 heteroatoms. The summed E-state index contributed by atoms with van der Waals surface area (Å²) in [5.41, 5.74) is -0.776. The Bertz CT molecular complexity index is 684. The molecule has 4 nitrogen and oxygen atoms in total. The van der Waals surface area contributed by atoms with Crippen LogP contribution in [-0.4, -0.2) is 36.6 Å². The molecule has 3 rings (SSSR count). The molecule has 0 N–H and O–H groups in total. The molecule has 3 fully saturated rings. The predicted molar refractivity (Wildman–Crippen MR) is 147 cm³/mol. The van der Waals surface area contributed by atoms with Gasteiger partial charge in [0.1, 0.15) is 0 Å². The molecule has 2 atom stereocenters. The molecule has 0 aromatic carbocycles. The van der Waals surface area contributed by atoms with Crippen LogP contribution >= 0.6 is 0 Å². The number of hydrogen-bond donors (Lipinski definition) is 0. The number of rotatable bonds is 4. The van der Waals surface area contributed by atoms with Gasteiger partial charge in [-0.25, -0.2) is 0 Å². The monoisotopic (exact) mass is 474 g/mol. The van der Waals surface area contributed by atoms with Crippen molar-refractivity contribution in [3.8, 4) is 12.3 Å². The summed E-state index contributed by atoms with van der Waals surface area (Å²) >= 11 is 0. The molecule has 3 aliphatic rings. The lowest BCUT2D eigenvalue weighted by Gasteiger charge is -2.32. The lowest BCUT2D eigenvalue weighted by Crippen LogP contribution is -2.41. The molecule has 2 heterocycles. The average molecular weight is 474 g/mol. The van der Waals surface area contributed by atoms with Crippen LogP contribution in [0.5, 0.6) is 0 Å². The quantitative estimate of drug-likeness (QED) is 0.318. The highest BCUT2D eigenvalue weighted by molar-refractivity contribution is 6.51. The fraction of sp³-hybridized carbons (Fsp3) is 0.857. The summed E-state index contributed by atoms with van der Waals surface area (Å²) in [5, 5.41) is 0. The van der Waals surface area contributed by atoms with E-state index in [1.54, 1.807) is 0 Å². The van der Waals surface area contributed by atoms with Crippen LogP contribution in [0.1, 0.15) is 103 Å². The zero-order valence-electron chi connectivity index (χ0n) is 24.6. The summed E-state index contributed by atoms with van der Waals surface area (Å²) in [6.45, 7) is 29.6. The van der Waals surface area contributed by atoms with Crippen molar-refractivity contribution in [1.29, 1.82) is 0 Å². The van der Waals surface area contributed by atoms with Gasteiger partial charge in [0, 0.05) is 5.92 Å². The van der Waals surface area contributed by atoms with Crippen molar-refractivity contribution < 1.29 is 18.6 Å². The lowest BCUT2D eigenvalue weighted by molar-refractivity contribution is 0.00578. The maximum atomic E-state index is 6.05. The molecule has 0 spiro atoms. The third-order valence-electron chi connectivity index (χ3n) is 7.63. The largest absolute Gasteiger partial charge is 0.486 e. The molecule has 194 valence electrons. The molecule has 0 amide bonds.